The molecule has 32 heavy (non-hydrogen) atoms. The highest BCUT2D eigenvalue weighted by molar-refractivity contribution is 6.37. The van der Waals surface area contributed by atoms with Gasteiger partial charge in [-0.25, -0.2) is 4.79 Å². The summed E-state index contributed by atoms with van der Waals surface area (Å²) in [5, 5.41) is 50.3. The van der Waals surface area contributed by atoms with Gasteiger partial charge in [-0.3, -0.25) is 0 Å². The van der Waals surface area contributed by atoms with Crippen molar-refractivity contribution in [3.8, 4) is 5.75 Å². The Bertz CT molecular complexity index is 1210. The van der Waals surface area contributed by atoms with Crippen LogP contribution in [0.2, 0.25) is 5.02 Å². The number of fused-ring (bicyclic) bond motifs is 3. The van der Waals surface area contributed by atoms with Crippen LogP contribution in [-0.2, 0) is 11.2 Å². The zero-order valence-corrected chi connectivity index (χ0v) is 17.8. The van der Waals surface area contributed by atoms with Crippen LogP contribution in [0, 0.1) is 6.92 Å². The van der Waals surface area contributed by atoms with Crippen molar-refractivity contribution in [3.05, 3.63) is 50.8 Å². The van der Waals surface area contributed by atoms with Gasteiger partial charge in [0.05, 0.1) is 12.0 Å². The Labute approximate surface area is 187 Å². The van der Waals surface area contributed by atoms with Crippen LogP contribution in [0.4, 0.5) is 0 Å². The van der Waals surface area contributed by atoms with Crippen LogP contribution in [0.1, 0.15) is 11.1 Å². The van der Waals surface area contributed by atoms with Gasteiger partial charge in [-0.15, -0.1) is 0 Å². The lowest BCUT2D eigenvalue weighted by Crippen LogP contribution is -2.60. The molecule has 3 aromatic rings. The van der Waals surface area contributed by atoms with Gasteiger partial charge in [0.25, 0.3) is 0 Å². The summed E-state index contributed by atoms with van der Waals surface area (Å²) in [6, 6.07) is 6.86. The van der Waals surface area contributed by atoms with Crippen LogP contribution >= 0.6 is 11.6 Å². The molecule has 0 aliphatic carbocycles. The normalized spacial score (nSPS) is 26.0. The van der Waals surface area contributed by atoms with Crippen LogP contribution in [0.5, 0.6) is 5.75 Å². The van der Waals surface area contributed by atoms with Crippen LogP contribution in [0.15, 0.2) is 33.5 Å². The fraction of sp³-hybridized carbons (Fsp3) is 0.409. The van der Waals surface area contributed by atoms with Crippen LogP contribution in [0.3, 0.4) is 0 Å². The first-order valence-corrected chi connectivity index (χ1v) is 10.4. The molecule has 0 amide bonds. The fourth-order valence-electron chi connectivity index (χ4n) is 4.06. The molecule has 2 heterocycles. The molecule has 10 heteroatoms. The molecule has 1 saturated heterocycles. The predicted molar refractivity (Wildman–Crippen MR) is 115 cm³/mol. The molecule has 0 saturated carbocycles. The highest BCUT2D eigenvalue weighted by Crippen LogP contribution is 2.39. The second-order valence-corrected chi connectivity index (χ2v) is 8.11. The maximum Gasteiger partial charge on any atom is 0.344 e. The smallest absolute Gasteiger partial charge is 0.344 e. The quantitative estimate of drug-likeness (QED) is 0.269. The maximum atomic E-state index is 12.8. The van der Waals surface area contributed by atoms with Crippen molar-refractivity contribution in [2.45, 2.75) is 44.1 Å². The Morgan fingerprint density at radius 2 is 1.84 bits per heavy atom. The van der Waals surface area contributed by atoms with Crippen molar-refractivity contribution in [2.24, 2.45) is 0 Å². The summed E-state index contributed by atoms with van der Waals surface area (Å²) in [6.07, 6.45) is -7.06. The van der Waals surface area contributed by atoms with E-state index in [0.29, 0.717) is 33.7 Å². The number of hydrogen-bond donors (Lipinski definition) is 5. The summed E-state index contributed by atoms with van der Waals surface area (Å²) in [6.45, 7) is 1.03. The van der Waals surface area contributed by atoms with Crippen molar-refractivity contribution in [1.29, 1.82) is 0 Å². The summed E-state index contributed by atoms with van der Waals surface area (Å²) in [5.41, 5.74) is 0.754. The Kier molecular flexibility index (Phi) is 6.42. The number of ether oxygens (including phenoxy) is 2. The third-order valence-corrected chi connectivity index (χ3v) is 6.03. The highest BCUT2D eigenvalue weighted by atomic mass is 35.5. The SMILES string of the molecule is Cc1cc(O[C@@H]2O[C@H](CO)[C@@H](O)[C@H](O)[C@H]2O)c(Cl)c2oc(=O)c3c(CCO)cccc3c12. The van der Waals surface area contributed by atoms with Gasteiger partial charge in [-0.05, 0) is 30.5 Å². The first-order valence-electron chi connectivity index (χ1n) is 10.0. The molecular formula is C22H23ClO9. The van der Waals surface area contributed by atoms with Crippen molar-refractivity contribution in [3.63, 3.8) is 0 Å². The van der Waals surface area contributed by atoms with Crippen molar-refractivity contribution < 1.29 is 39.4 Å². The Morgan fingerprint density at radius 3 is 2.53 bits per heavy atom. The van der Waals surface area contributed by atoms with Gasteiger partial charge < -0.3 is 39.4 Å². The van der Waals surface area contributed by atoms with E-state index in [2.05, 4.69) is 0 Å². The van der Waals surface area contributed by atoms with E-state index in [1.807, 2.05) is 0 Å². The number of halogens is 1. The Hall–Kier alpha value is -2.24. The third-order valence-electron chi connectivity index (χ3n) is 5.68. The van der Waals surface area contributed by atoms with E-state index in [1.165, 1.54) is 0 Å². The van der Waals surface area contributed by atoms with Gasteiger partial charge in [-0.1, -0.05) is 29.8 Å². The average molecular weight is 467 g/mol. The molecule has 1 aliphatic rings. The number of aliphatic hydroxyl groups excluding tert-OH is 5. The van der Waals surface area contributed by atoms with Crippen LogP contribution in [-0.4, -0.2) is 69.5 Å². The fourth-order valence-corrected chi connectivity index (χ4v) is 4.29. The van der Waals surface area contributed by atoms with Crippen molar-refractivity contribution in [1.82, 2.24) is 0 Å². The Balaban J connectivity index is 1.82. The number of rotatable bonds is 5. The first kappa shape index (κ1) is 22.9. The van der Waals surface area contributed by atoms with E-state index in [-0.39, 0.29) is 23.0 Å². The van der Waals surface area contributed by atoms with Crippen molar-refractivity contribution >= 4 is 33.3 Å². The minimum Gasteiger partial charge on any atom is -0.460 e. The lowest BCUT2D eigenvalue weighted by molar-refractivity contribution is -0.277. The maximum absolute atomic E-state index is 12.8. The number of aliphatic hydroxyl groups is 5. The molecule has 2 aromatic carbocycles. The standard InChI is InChI=1S/C22H23ClO9/c1-9-7-12(30-22-19(28)18(27)17(26)13(8-25)31-22)16(23)20-14(9)11-4-2-3-10(5-6-24)15(11)21(29)32-20/h2-4,7,13,17-19,22,24-28H,5-6,8H2,1H3/t13-,17-,18+,19-,22-/m1/s1. The molecule has 5 N–H and O–H groups in total. The van der Waals surface area contributed by atoms with Gasteiger partial charge in [-0.2, -0.15) is 0 Å². The molecule has 0 radical (unpaired) electrons. The summed E-state index contributed by atoms with van der Waals surface area (Å²) < 4.78 is 16.6. The van der Waals surface area contributed by atoms with Crippen molar-refractivity contribution in [2.75, 3.05) is 13.2 Å². The van der Waals surface area contributed by atoms with Gasteiger partial charge >= 0.3 is 5.63 Å². The number of hydrogen-bond acceptors (Lipinski definition) is 9. The second kappa shape index (κ2) is 8.95. The molecule has 0 spiro atoms. The van der Waals surface area contributed by atoms with Gasteiger partial charge in [0.1, 0.15) is 35.2 Å². The molecule has 0 bridgehead atoms. The average Bonchev–Trinajstić information content (AvgIpc) is 2.77. The third kappa shape index (κ3) is 3.75. The van der Waals surface area contributed by atoms with E-state index in [0.717, 1.165) is 0 Å². The molecular weight excluding hydrogens is 444 g/mol. The van der Waals surface area contributed by atoms with E-state index in [9.17, 15) is 30.3 Å². The summed E-state index contributed by atoms with van der Waals surface area (Å²) in [4.78, 5) is 12.8. The molecule has 172 valence electrons. The molecule has 1 aromatic heterocycles. The van der Waals surface area contributed by atoms with Crippen LogP contribution in [0.25, 0.3) is 21.7 Å². The monoisotopic (exact) mass is 466 g/mol. The number of benzene rings is 2. The first-order chi connectivity index (χ1) is 15.3. The predicted octanol–water partition coefficient (Wildman–Crippen LogP) is 0.622. The minimum absolute atomic E-state index is 0.0232. The van der Waals surface area contributed by atoms with E-state index in [1.54, 1.807) is 31.2 Å². The van der Waals surface area contributed by atoms with E-state index in [4.69, 9.17) is 25.5 Å². The summed E-state index contributed by atoms with van der Waals surface area (Å²) in [7, 11) is 0. The largest absolute Gasteiger partial charge is 0.460 e. The zero-order valence-electron chi connectivity index (χ0n) is 17.1. The van der Waals surface area contributed by atoms with E-state index >= 15 is 0 Å². The molecule has 1 aliphatic heterocycles. The number of aryl methyl sites for hydroxylation is 1. The van der Waals surface area contributed by atoms with Crippen LogP contribution < -0.4 is 10.4 Å². The molecule has 0 unspecified atom stereocenters. The highest BCUT2D eigenvalue weighted by Gasteiger charge is 2.45. The Morgan fingerprint density at radius 1 is 1.09 bits per heavy atom. The molecule has 1 fully saturated rings. The topological polar surface area (TPSA) is 150 Å². The summed E-state index contributed by atoms with van der Waals surface area (Å²) in [5.74, 6) is 0.0232. The molecule has 9 nitrogen and oxygen atoms in total. The van der Waals surface area contributed by atoms with Gasteiger partial charge in [0.15, 0.2) is 5.58 Å². The van der Waals surface area contributed by atoms with E-state index < -0.39 is 42.9 Å². The lowest BCUT2D eigenvalue weighted by Gasteiger charge is -2.39. The second-order valence-electron chi connectivity index (χ2n) is 7.73. The summed E-state index contributed by atoms with van der Waals surface area (Å²) >= 11 is 6.49. The molecule has 4 rings (SSSR count). The lowest BCUT2D eigenvalue weighted by atomic mass is 9.98. The van der Waals surface area contributed by atoms with Gasteiger partial charge in [0, 0.05) is 17.4 Å². The zero-order chi connectivity index (χ0) is 23.2. The van der Waals surface area contributed by atoms with Gasteiger partial charge in [0.2, 0.25) is 6.29 Å². The minimum atomic E-state index is -1.62. The molecule has 5 atom stereocenters.